The fourth-order valence-electron chi connectivity index (χ4n) is 1.83. The summed E-state index contributed by atoms with van der Waals surface area (Å²) in [5.41, 5.74) is 0.441. The molecule has 0 atom stereocenters. The molecule has 0 aliphatic carbocycles. The molecule has 2 aromatic rings. The first-order chi connectivity index (χ1) is 10.4. The van der Waals surface area contributed by atoms with E-state index < -0.39 is 0 Å². The van der Waals surface area contributed by atoms with E-state index in [1.807, 2.05) is 26.8 Å². The maximum Gasteiger partial charge on any atom is 0.209 e. The van der Waals surface area contributed by atoms with Crippen molar-refractivity contribution in [3.05, 3.63) is 35.7 Å². The highest BCUT2D eigenvalue weighted by molar-refractivity contribution is 7.99. The van der Waals surface area contributed by atoms with Crippen LogP contribution in [0.5, 0.6) is 5.75 Å². The number of ether oxygens (including phenoxy) is 1. The lowest BCUT2D eigenvalue weighted by atomic mass is 9.96. The standard InChI is InChI=1S/C15H19N5OS/c1-15(2,3)13-18-19-14(20(13)17)22-8-7-21-12-6-4-5-11(9-12)10-16/h4-6,9H,7-8,17H2,1-3H3. The Labute approximate surface area is 134 Å². The Kier molecular flexibility index (Phi) is 4.93. The first-order valence-electron chi connectivity index (χ1n) is 6.88. The highest BCUT2D eigenvalue weighted by atomic mass is 32.2. The number of rotatable bonds is 5. The van der Waals surface area contributed by atoms with Crippen molar-refractivity contribution in [2.24, 2.45) is 0 Å². The van der Waals surface area contributed by atoms with Gasteiger partial charge >= 0.3 is 0 Å². The highest BCUT2D eigenvalue weighted by Crippen LogP contribution is 2.23. The molecule has 6 nitrogen and oxygen atoms in total. The van der Waals surface area contributed by atoms with E-state index in [0.29, 0.717) is 28.8 Å². The van der Waals surface area contributed by atoms with Crippen molar-refractivity contribution in [1.29, 1.82) is 5.26 Å². The molecule has 0 saturated carbocycles. The summed E-state index contributed by atoms with van der Waals surface area (Å²) >= 11 is 1.49. The monoisotopic (exact) mass is 317 g/mol. The Morgan fingerprint density at radius 2 is 2.14 bits per heavy atom. The SMILES string of the molecule is CC(C)(C)c1nnc(SCCOc2cccc(C#N)c2)n1N. The molecule has 0 amide bonds. The van der Waals surface area contributed by atoms with E-state index in [9.17, 15) is 0 Å². The lowest BCUT2D eigenvalue weighted by Gasteiger charge is -2.16. The van der Waals surface area contributed by atoms with Gasteiger partial charge in [-0.3, -0.25) is 0 Å². The van der Waals surface area contributed by atoms with Crippen molar-refractivity contribution in [1.82, 2.24) is 14.9 Å². The fourth-order valence-corrected chi connectivity index (χ4v) is 2.51. The first-order valence-corrected chi connectivity index (χ1v) is 7.87. The summed E-state index contributed by atoms with van der Waals surface area (Å²) in [5.74, 6) is 8.14. The Hall–Kier alpha value is -2.20. The number of nitrogens with zero attached hydrogens (tertiary/aromatic N) is 4. The molecule has 1 aromatic heterocycles. The number of nitrogens with two attached hydrogens (primary N) is 1. The number of nitrogen functional groups attached to an aromatic ring is 1. The van der Waals surface area contributed by atoms with Crippen LogP contribution in [0.2, 0.25) is 0 Å². The van der Waals surface area contributed by atoms with Gasteiger partial charge in [0, 0.05) is 11.2 Å². The van der Waals surface area contributed by atoms with E-state index in [1.54, 1.807) is 18.2 Å². The Balaban J connectivity index is 1.87. The van der Waals surface area contributed by atoms with Gasteiger partial charge in [-0.25, -0.2) is 4.68 Å². The number of thioether (sulfide) groups is 1. The lowest BCUT2D eigenvalue weighted by Crippen LogP contribution is -2.24. The molecular formula is C15H19N5OS. The minimum Gasteiger partial charge on any atom is -0.493 e. The average molecular weight is 317 g/mol. The number of nitriles is 1. The van der Waals surface area contributed by atoms with Crippen LogP contribution in [-0.2, 0) is 5.41 Å². The molecule has 0 fully saturated rings. The van der Waals surface area contributed by atoms with E-state index in [4.69, 9.17) is 15.8 Å². The van der Waals surface area contributed by atoms with Gasteiger partial charge in [0.25, 0.3) is 0 Å². The maximum atomic E-state index is 8.84. The van der Waals surface area contributed by atoms with Gasteiger partial charge in [0.05, 0.1) is 18.2 Å². The second kappa shape index (κ2) is 6.71. The second-order valence-electron chi connectivity index (χ2n) is 5.76. The molecule has 0 unspecified atom stereocenters. The number of hydrogen-bond acceptors (Lipinski definition) is 6. The molecule has 1 heterocycles. The number of benzene rings is 1. The smallest absolute Gasteiger partial charge is 0.209 e. The summed E-state index contributed by atoms with van der Waals surface area (Å²) in [4.78, 5) is 0. The van der Waals surface area contributed by atoms with Crippen LogP contribution in [0.15, 0.2) is 29.4 Å². The zero-order valence-electron chi connectivity index (χ0n) is 12.9. The molecule has 2 N–H and O–H groups in total. The zero-order chi connectivity index (χ0) is 16.2. The van der Waals surface area contributed by atoms with Crippen LogP contribution in [-0.4, -0.2) is 27.2 Å². The van der Waals surface area contributed by atoms with E-state index in [2.05, 4.69) is 16.3 Å². The minimum absolute atomic E-state index is 0.144. The van der Waals surface area contributed by atoms with E-state index in [1.165, 1.54) is 16.4 Å². The van der Waals surface area contributed by atoms with E-state index >= 15 is 0 Å². The molecule has 0 bridgehead atoms. The summed E-state index contributed by atoms with van der Waals surface area (Å²) < 4.78 is 7.14. The summed E-state index contributed by atoms with van der Waals surface area (Å²) in [5, 5.41) is 17.7. The van der Waals surface area contributed by atoms with Crippen molar-refractivity contribution < 1.29 is 4.74 Å². The van der Waals surface area contributed by atoms with Crippen molar-refractivity contribution in [3.63, 3.8) is 0 Å². The minimum atomic E-state index is -0.144. The quantitative estimate of drug-likeness (QED) is 0.517. The van der Waals surface area contributed by atoms with E-state index in [0.717, 1.165) is 5.82 Å². The molecule has 0 saturated heterocycles. The van der Waals surface area contributed by atoms with Gasteiger partial charge in [-0.05, 0) is 18.2 Å². The summed E-state index contributed by atoms with van der Waals surface area (Å²) in [6.07, 6.45) is 0. The van der Waals surface area contributed by atoms with Crippen LogP contribution in [0.3, 0.4) is 0 Å². The normalized spacial score (nSPS) is 11.2. The first kappa shape index (κ1) is 16.2. The molecule has 0 spiro atoms. The molecule has 22 heavy (non-hydrogen) atoms. The molecule has 1 aromatic carbocycles. The third-order valence-electron chi connectivity index (χ3n) is 2.88. The topological polar surface area (TPSA) is 89.8 Å². The molecule has 2 rings (SSSR count). The average Bonchev–Trinajstić information content (AvgIpc) is 2.85. The molecule has 7 heteroatoms. The predicted molar refractivity (Wildman–Crippen MR) is 86.2 cm³/mol. The van der Waals surface area contributed by atoms with Crippen molar-refractivity contribution in [2.45, 2.75) is 31.3 Å². The van der Waals surface area contributed by atoms with Gasteiger partial charge in [-0.15, -0.1) is 10.2 Å². The molecule has 0 radical (unpaired) electrons. The van der Waals surface area contributed by atoms with Crippen LogP contribution in [0.1, 0.15) is 32.2 Å². The Morgan fingerprint density at radius 1 is 1.36 bits per heavy atom. The van der Waals surface area contributed by atoms with Crippen molar-refractivity contribution in [2.75, 3.05) is 18.2 Å². The third-order valence-corrected chi connectivity index (χ3v) is 3.79. The van der Waals surface area contributed by atoms with Crippen LogP contribution in [0.25, 0.3) is 0 Å². The van der Waals surface area contributed by atoms with Gasteiger partial charge in [0.1, 0.15) is 5.75 Å². The van der Waals surface area contributed by atoms with Gasteiger partial charge < -0.3 is 10.6 Å². The fraction of sp³-hybridized carbons (Fsp3) is 0.400. The summed E-state index contributed by atoms with van der Waals surface area (Å²) in [7, 11) is 0. The molecule has 0 aliphatic heterocycles. The van der Waals surface area contributed by atoms with Gasteiger partial charge in [0.2, 0.25) is 5.16 Å². The van der Waals surface area contributed by atoms with Crippen molar-refractivity contribution in [3.8, 4) is 11.8 Å². The molecule has 116 valence electrons. The van der Waals surface area contributed by atoms with Gasteiger partial charge in [-0.1, -0.05) is 38.6 Å². The Morgan fingerprint density at radius 3 is 2.77 bits per heavy atom. The predicted octanol–water partition coefficient (Wildman–Crippen LogP) is 2.33. The Bertz CT molecular complexity index is 684. The third kappa shape index (κ3) is 3.92. The zero-order valence-corrected chi connectivity index (χ0v) is 13.7. The largest absolute Gasteiger partial charge is 0.493 e. The summed E-state index contributed by atoms with van der Waals surface area (Å²) in [6.45, 7) is 6.62. The lowest BCUT2D eigenvalue weighted by molar-refractivity contribution is 0.343. The van der Waals surface area contributed by atoms with Crippen LogP contribution in [0.4, 0.5) is 0 Å². The summed E-state index contributed by atoms with van der Waals surface area (Å²) in [6, 6.07) is 9.17. The van der Waals surface area contributed by atoms with Crippen LogP contribution < -0.4 is 10.6 Å². The molecular weight excluding hydrogens is 298 g/mol. The second-order valence-corrected chi connectivity index (χ2v) is 6.82. The highest BCUT2D eigenvalue weighted by Gasteiger charge is 2.22. The van der Waals surface area contributed by atoms with E-state index in [-0.39, 0.29) is 5.41 Å². The van der Waals surface area contributed by atoms with Crippen molar-refractivity contribution >= 4 is 11.8 Å². The van der Waals surface area contributed by atoms with Gasteiger partial charge in [0.15, 0.2) is 5.82 Å². The van der Waals surface area contributed by atoms with Gasteiger partial charge in [-0.2, -0.15) is 5.26 Å². The number of aromatic nitrogens is 3. The van der Waals surface area contributed by atoms with Crippen LogP contribution >= 0.6 is 11.8 Å². The maximum absolute atomic E-state index is 8.84. The molecule has 0 aliphatic rings. The van der Waals surface area contributed by atoms with Crippen LogP contribution in [0, 0.1) is 11.3 Å². The number of hydrogen-bond donors (Lipinski definition) is 1.